The van der Waals surface area contributed by atoms with Gasteiger partial charge in [-0.25, -0.2) is 19.4 Å². The Balaban J connectivity index is 1.74. The van der Waals surface area contributed by atoms with Crippen LogP contribution in [0.4, 0.5) is 15.9 Å². The number of hydrogen-bond acceptors (Lipinski definition) is 9. The van der Waals surface area contributed by atoms with E-state index < -0.39 is 23.9 Å². The molecule has 0 saturated heterocycles. The highest BCUT2D eigenvalue weighted by atomic mass is 35.5. The van der Waals surface area contributed by atoms with Crippen LogP contribution in [0.3, 0.4) is 0 Å². The van der Waals surface area contributed by atoms with Gasteiger partial charge in [0.1, 0.15) is 24.6 Å². The van der Waals surface area contributed by atoms with Crippen LogP contribution in [0.15, 0.2) is 36.7 Å². The number of carbonyl (C=O) groups excluding carboxylic acids is 1. The average Bonchev–Trinajstić information content (AvgIpc) is 2.83. The molecule has 0 spiro atoms. The Kier molecular flexibility index (Phi) is 8.99. The van der Waals surface area contributed by atoms with E-state index in [0.717, 1.165) is 5.06 Å². The minimum atomic E-state index is -1.08. The van der Waals surface area contributed by atoms with Crippen LogP contribution in [0.5, 0.6) is 11.5 Å². The first-order valence-corrected chi connectivity index (χ1v) is 10.9. The quantitative estimate of drug-likeness (QED) is 0.335. The maximum Gasteiger partial charge on any atom is 0.248 e. The van der Waals surface area contributed by atoms with Crippen molar-refractivity contribution in [3.63, 3.8) is 0 Å². The van der Waals surface area contributed by atoms with Crippen LogP contribution in [0.2, 0.25) is 5.02 Å². The first-order valence-electron chi connectivity index (χ1n) is 10.6. The molecular formula is C23H26ClFN4O6. The van der Waals surface area contributed by atoms with Crippen molar-refractivity contribution in [3.05, 3.63) is 47.5 Å². The molecule has 0 aliphatic rings. The van der Waals surface area contributed by atoms with E-state index in [4.69, 9.17) is 25.9 Å². The maximum absolute atomic E-state index is 13.5. The number of anilines is 2. The van der Waals surface area contributed by atoms with Crippen molar-refractivity contribution >= 4 is 39.9 Å². The van der Waals surface area contributed by atoms with Gasteiger partial charge >= 0.3 is 0 Å². The van der Waals surface area contributed by atoms with Crippen molar-refractivity contribution in [1.29, 1.82) is 0 Å². The van der Waals surface area contributed by atoms with Crippen molar-refractivity contribution < 1.29 is 33.7 Å². The van der Waals surface area contributed by atoms with Gasteiger partial charge in [0.2, 0.25) is 5.91 Å². The van der Waals surface area contributed by atoms with E-state index in [2.05, 4.69) is 15.3 Å². The SMILES string of the molecule is COc1cc2ncnc(Nc3ccc(F)c(Cl)c3)c2cc1OCC(O)CC(O)CC(=O)N(C)OC. The Morgan fingerprint density at radius 1 is 1.17 bits per heavy atom. The lowest BCUT2D eigenvalue weighted by atomic mass is 10.1. The summed E-state index contributed by atoms with van der Waals surface area (Å²) in [5, 5.41) is 25.0. The fourth-order valence-corrected chi connectivity index (χ4v) is 3.41. The number of methoxy groups -OCH3 is 1. The van der Waals surface area contributed by atoms with Crippen molar-refractivity contribution in [2.75, 3.05) is 33.2 Å². The number of carbonyl (C=O) groups is 1. The van der Waals surface area contributed by atoms with Gasteiger partial charge in [0.25, 0.3) is 0 Å². The zero-order valence-electron chi connectivity index (χ0n) is 19.4. The second kappa shape index (κ2) is 11.9. The molecule has 3 N–H and O–H groups in total. The van der Waals surface area contributed by atoms with Gasteiger partial charge in [0.15, 0.2) is 11.5 Å². The zero-order chi connectivity index (χ0) is 25.5. The lowest BCUT2D eigenvalue weighted by molar-refractivity contribution is -0.171. The number of fused-ring (bicyclic) bond motifs is 1. The largest absolute Gasteiger partial charge is 0.493 e. The monoisotopic (exact) mass is 508 g/mol. The summed E-state index contributed by atoms with van der Waals surface area (Å²) < 4.78 is 24.6. The molecule has 0 bridgehead atoms. The molecule has 35 heavy (non-hydrogen) atoms. The van der Waals surface area contributed by atoms with E-state index >= 15 is 0 Å². The maximum atomic E-state index is 13.5. The molecule has 1 aromatic heterocycles. The molecule has 2 aromatic carbocycles. The number of hydroxylamine groups is 2. The second-order valence-corrected chi connectivity index (χ2v) is 8.04. The van der Waals surface area contributed by atoms with Crippen LogP contribution in [0, 0.1) is 5.82 Å². The highest BCUT2D eigenvalue weighted by Gasteiger charge is 2.20. The molecule has 3 aromatic rings. The van der Waals surface area contributed by atoms with Gasteiger partial charge in [-0.1, -0.05) is 11.6 Å². The fraction of sp³-hybridized carbons (Fsp3) is 0.348. The normalized spacial score (nSPS) is 12.8. The van der Waals surface area contributed by atoms with Crippen molar-refractivity contribution in [1.82, 2.24) is 15.0 Å². The van der Waals surface area contributed by atoms with Gasteiger partial charge in [0, 0.05) is 30.6 Å². The van der Waals surface area contributed by atoms with Gasteiger partial charge in [-0.15, -0.1) is 0 Å². The van der Waals surface area contributed by atoms with Gasteiger partial charge in [-0.2, -0.15) is 0 Å². The summed E-state index contributed by atoms with van der Waals surface area (Å²) >= 11 is 5.87. The number of ether oxygens (including phenoxy) is 2. The molecule has 3 rings (SSSR count). The summed E-state index contributed by atoms with van der Waals surface area (Å²) in [5.74, 6) is 0.132. The molecule has 0 fully saturated rings. The number of nitrogens with zero attached hydrogens (tertiary/aromatic N) is 3. The Morgan fingerprint density at radius 3 is 2.63 bits per heavy atom. The molecule has 12 heteroatoms. The molecule has 0 aliphatic heterocycles. The van der Waals surface area contributed by atoms with E-state index in [-0.39, 0.29) is 24.5 Å². The van der Waals surface area contributed by atoms with Crippen LogP contribution in [0.25, 0.3) is 10.9 Å². The molecule has 2 atom stereocenters. The Morgan fingerprint density at radius 2 is 1.94 bits per heavy atom. The van der Waals surface area contributed by atoms with Crippen molar-refractivity contribution in [2.24, 2.45) is 0 Å². The fourth-order valence-electron chi connectivity index (χ4n) is 3.23. The lowest BCUT2D eigenvalue weighted by Crippen LogP contribution is -2.31. The molecular weight excluding hydrogens is 483 g/mol. The van der Waals surface area contributed by atoms with Crippen LogP contribution < -0.4 is 14.8 Å². The summed E-state index contributed by atoms with van der Waals surface area (Å²) in [6.07, 6.45) is -1.06. The number of aliphatic hydroxyl groups excluding tert-OH is 2. The highest BCUT2D eigenvalue weighted by Crippen LogP contribution is 2.35. The van der Waals surface area contributed by atoms with Gasteiger partial charge in [-0.3, -0.25) is 9.63 Å². The second-order valence-electron chi connectivity index (χ2n) is 7.63. The molecule has 0 radical (unpaired) electrons. The molecule has 1 amide bonds. The van der Waals surface area contributed by atoms with E-state index in [1.54, 1.807) is 12.1 Å². The minimum Gasteiger partial charge on any atom is -0.493 e. The predicted octanol–water partition coefficient (Wildman–Crippen LogP) is 3.08. The predicted molar refractivity (Wildman–Crippen MR) is 127 cm³/mol. The summed E-state index contributed by atoms with van der Waals surface area (Å²) in [5.41, 5.74) is 1.07. The summed E-state index contributed by atoms with van der Waals surface area (Å²) in [6.45, 7) is -0.169. The number of halogens is 2. The average molecular weight is 509 g/mol. The van der Waals surface area contributed by atoms with Crippen LogP contribution in [-0.4, -0.2) is 71.2 Å². The number of aromatic nitrogens is 2. The highest BCUT2D eigenvalue weighted by molar-refractivity contribution is 6.31. The number of nitrogens with one attached hydrogen (secondary N) is 1. The molecule has 188 valence electrons. The van der Waals surface area contributed by atoms with Gasteiger partial charge in [-0.05, 0) is 24.3 Å². The first kappa shape index (κ1) is 26.4. The number of benzene rings is 2. The number of rotatable bonds is 11. The van der Waals surface area contributed by atoms with Crippen LogP contribution in [-0.2, 0) is 9.63 Å². The summed E-state index contributed by atoms with van der Waals surface area (Å²) in [7, 11) is 4.23. The smallest absolute Gasteiger partial charge is 0.248 e. The van der Waals surface area contributed by atoms with Crippen molar-refractivity contribution in [2.45, 2.75) is 25.0 Å². The molecule has 0 aliphatic carbocycles. The lowest BCUT2D eigenvalue weighted by Gasteiger charge is -2.19. The summed E-state index contributed by atoms with van der Waals surface area (Å²) in [6, 6.07) is 7.48. The number of aliphatic hydroxyl groups is 2. The third-order valence-electron chi connectivity index (χ3n) is 5.11. The Hall–Kier alpha value is -3.25. The van der Waals surface area contributed by atoms with Crippen LogP contribution in [0.1, 0.15) is 12.8 Å². The van der Waals surface area contributed by atoms with Crippen molar-refractivity contribution in [3.8, 4) is 11.5 Å². The summed E-state index contributed by atoms with van der Waals surface area (Å²) in [4.78, 5) is 25.1. The van der Waals surface area contributed by atoms with E-state index in [1.165, 1.54) is 45.8 Å². The molecule has 10 nitrogen and oxygen atoms in total. The number of hydrogen-bond donors (Lipinski definition) is 3. The first-order chi connectivity index (χ1) is 16.7. The van der Waals surface area contributed by atoms with E-state index in [0.29, 0.717) is 33.9 Å². The molecule has 0 saturated carbocycles. The van der Waals surface area contributed by atoms with E-state index in [1.807, 2.05) is 0 Å². The van der Waals surface area contributed by atoms with E-state index in [9.17, 15) is 19.4 Å². The molecule has 1 heterocycles. The third kappa shape index (κ3) is 6.89. The minimum absolute atomic E-state index is 0.0363. The Bertz CT molecular complexity index is 1180. The topological polar surface area (TPSA) is 126 Å². The van der Waals surface area contributed by atoms with Crippen LogP contribution >= 0.6 is 11.6 Å². The molecule has 2 unspecified atom stereocenters. The van der Waals surface area contributed by atoms with Gasteiger partial charge < -0.3 is 25.0 Å². The number of amides is 1. The van der Waals surface area contributed by atoms with Gasteiger partial charge in [0.05, 0.1) is 43.4 Å². The standard InChI is InChI=1S/C23H26ClFN4O6/c1-29(34-3)22(32)8-14(30)7-15(31)11-35-21-9-16-19(10-20(21)33-2)26-12-27-23(16)28-13-4-5-18(25)17(24)6-13/h4-6,9-10,12,14-15,30-31H,7-8,11H2,1-3H3,(H,26,27,28). The third-order valence-corrected chi connectivity index (χ3v) is 5.40. The zero-order valence-corrected chi connectivity index (χ0v) is 20.1. The Labute approximate surface area is 206 Å².